The van der Waals surface area contributed by atoms with Gasteiger partial charge >= 0.3 is 0 Å². The SMILES string of the molecule is CC.Cc1cc(C(=O)N[C@H](CCO)Cc2ccc(-c3cn(C)c(C(=O)C(C)C)n3)cc2)ccc1OC(C)C. The number of nitrogens with zero attached hydrogens (tertiary/aromatic N) is 2. The second kappa shape index (κ2) is 14.5. The average Bonchev–Trinajstić information content (AvgIpc) is 3.27. The van der Waals surface area contributed by atoms with E-state index in [2.05, 4.69) is 10.3 Å². The van der Waals surface area contributed by atoms with Crippen molar-refractivity contribution in [2.24, 2.45) is 13.0 Å². The minimum Gasteiger partial charge on any atom is -0.491 e. The van der Waals surface area contributed by atoms with Gasteiger partial charge in [-0.15, -0.1) is 0 Å². The van der Waals surface area contributed by atoms with Gasteiger partial charge in [-0.05, 0) is 62.9 Å². The fraction of sp³-hybridized carbons (Fsp3) is 0.452. The molecule has 1 amide bonds. The Hall–Kier alpha value is -3.45. The zero-order valence-electron chi connectivity index (χ0n) is 24.0. The topological polar surface area (TPSA) is 93.5 Å². The summed E-state index contributed by atoms with van der Waals surface area (Å²) in [6.07, 6.45) is 2.95. The molecule has 38 heavy (non-hydrogen) atoms. The summed E-state index contributed by atoms with van der Waals surface area (Å²) in [6.45, 7) is 13.6. The predicted molar refractivity (Wildman–Crippen MR) is 153 cm³/mol. The third-order valence-electron chi connectivity index (χ3n) is 5.97. The molecule has 3 aromatic rings. The van der Waals surface area contributed by atoms with Gasteiger partial charge in [-0.1, -0.05) is 52.0 Å². The normalized spacial score (nSPS) is 11.7. The summed E-state index contributed by atoms with van der Waals surface area (Å²) in [5, 5.41) is 12.6. The van der Waals surface area contributed by atoms with E-state index in [1.165, 1.54) is 0 Å². The minimum atomic E-state index is -0.217. The number of rotatable bonds is 11. The number of imidazole rings is 1. The van der Waals surface area contributed by atoms with E-state index >= 15 is 0 Å². The number of nitrogens with one attached hydrogen (secondary N) is 1. The molecule has 0 spiro atoms. The Labute approximate surface area is 227 Å². The maximum atomic E-state index is 12.9. The van der Waals surface area contributed by atoms with Crippen LogP contribution in [0.25, 0.3) is 11.3 Å². The number of amides is 1. The Morgan fingerprint density at radius 3 is 2.26 bits per heavy atom. The van der Waals surface area contributed by atoms with Crippen LogP contribution in [-0.4, -0.2) is 45.1 Å². The van der Waals surface area contributed by atoms with Crippen molar-refractivity contribution in [1.29, 1.82) is 0 Å². The van der Waals surface area contributed by atoms with Gasteiger partial charge in [-0.3, -0.25) is 9.59 Å². The Balaban J connectivity index is 0.00000247. The van der Waals surface area contributed by atoms with E-state index in [0.717, 1.165) is 28.1 Å². The van der Waals surface area contributed by atoms with E-state index in [-0.39, 0.29) is 36.4 Å². The molecule has 2 N–H and O–H groups in total. The Bertz CT molecular complexity index is 1200. The monoisotopic (exact) mass is 521 g/mol. The highest BCUT2D eigenvalue weighted by Crippen LogP contribution is 2.22. The molecule has 0 aliphatic rings. The molecule has 2 aromatic carbocycles. The number of ketones is 1. The Kier molecular flexibility index (Phi) is 11.7. The van der Waals surface area contributed by atoms with Crippen molar-refractivity contribution >= 4 is 11.7 Å². The molecule has 1 heterocycles. The second-order valence-electron chi connectivity index (χ2n) is 9.81. The quantitative estimate of drug-likeness (QED) is 0.313. The number of aliphatic hydroxyl groups is 1. The lowest BCUT2D eigenvalue weighted by atomic mass is 10.0. The highest BCUT2D eigenvalue weighted by molar-refractivity contribution is 5.95. The molecule has 7 heteroatoms. The van der Waals surface area contributed by atoms with Crippen LogP contribution in [0.4, 0.5) is 0 Å². The second-order valence-corrected chi connectivity index (χ2v) is 9.81. The first-order chi connectivity index (χ1) is 18.1. The summed E-state index contributed by atoms with van der Waals surface area (Å²) in [5.41, 5.74) is 4.15. The van der Waals surface area contributed by atoms with E-state index in [9.17, 15) is 14.7 Å². The maximum Gasteiger partial charge on any atom is 0.251 e. The standard InChI is InChI=1S/C29H37N3O4.C2H6/c1-18(2)27(34)28-31-25(17-32(28)6)22-9-7-21(8-10-22)16-24(13-14-33)30-29(35)23-11-12-26(20(5)15-23)36-19(3)4;1-2/h7-12,15,17-19,24,33H,13-14,16H2,1-6H3,(H,30,35);1-2H3/t24-;/m1./s1. The number of ether oxygens (including phenoxy) is 1. The van der Waals surface area contributed by atoms with Crippen LogP contribution < -0.4 is 10.1 Å². The number of carbonyl (C=O) groups is 2. The molecular weight excluding hydrogens is 478 g/mol. The van der Waals surface area contributed by atoms with Crippen LogP contribution in [-0.2, 0) is 13.5 Å². The van der Waals surface area contributed by atoms with Crippen molar-refractivity contribution < 1.29 is 19.4 Å². The third-order valence-corrected chi connectivity index (χ3v) is 5.97. The molecule has 1 aromatic heterocycles. The van der Waals surface area contributed by atoms with Crippen molar-refractivity contribution in [3.05, 3.63) is 71.2 Å². The first kappa shape index (κ1) is 30.8. The Morgan fingerprint density at radius 1 is 1.05 bits per heavy atom. The van der Waals surface area contributed by atoms with Crippen LogP contribution >= 0.6 is 0 Å². The van der Waals surface area contributed by atoms with E-state index in [4.69, 9.17) is 4.74 Å². The van der Waals surface area contributed by atoms with Gasteiger partial charge in [-0.2, -0.15) is 0 Å². The number of benzene rings is 2. The Morgan fingerprint density at radius 2 is 1.71 bits per heavy atom. The van der Waals surface area contributed by atoms with Crippen molar-refractivity contribution in [3.63, 3.8) is 0 Å². The summed E-state index contributed by atoms with van der Waals surface area (Å²) >= 11 is 0. The van der Waals surface area contributed by atoms with Crippen molar-refractivity contribution in [2.75, 3.05) is 6.61 Å². The molecule has 0 saturated carbocycles. The smallest absolute Gasteiger partial charge is 0.251 e. The van der Waals surface area contributed by atoms with Gasteiger partial charge < -0.3 is 19.7 Å². The lowest BCUT2D eigenvalue weighted by Gasteiger charge is -2.19. The number of carbonyl (C=O) groups excluding carboxylic acids is 2. The number of hydrogen-bond acceptors (Lipinski definition) is 5. The fourth-order valence-electron chi connectivity index (χ4n) is 4.02. The number of Topliss-reactive ketones (excluding diaryl/α,β-unsaturated/α-hetero) is 1. The van der Waals surface area contributed by atoms with E-state index in [0.29, 0.717) is 24.2 Å². The van der Waals surface area contributed by atoms with Crippen LogP contribution in [0.3, 0.4) is 0 Å². The summed E-state index contributed by atoms with van der Waals surface area (Å²) in [4.78, 5) is 29.8. The average molecular weight is 522 g/mol. The van der Waals surface area contributed by atoms with Gasteiger partial charge in [0.1, 0.15) is 5.75 Å². The van der Waals surface area contributed by atoms with Crippen LogP contribution in [0.1, 0.15) is 80.1 Å². The van der Waals surface area contributed by atoms with Crippen LogP contribution in [0.5, 0.6) is 5.75 Å². The molecule has 0 bridgehead atoms. The van der Waals surface area contributed by atoms with Gasteiger partial charge in [0.05, 0.1) is 11.8 Å². The summed E-state index contributed by atoms with van der Waals surface area (Å²) < 4.78 is 7.53. The molecule has 0 radical (unpaired) electrons. The predicted octanol–water partition coefficient (Wildman–Crippen LogP) is 5.77. The van der Waals surface area contributed by atoms with E-state index < -0.39 is 0 Å². The first-order valence-corrected chi connectivity index (χ1v) is 13.4. The molecule has 0 aliphatic heterocycles. The zero-order valence-corrected chi connectivity index (χ0v) is 24.0. The number of aryl methyl sites for hydroxylation is 2. The maximum absolute atomic E-state index is 12.9. The van der Waals surface area contributed by atoms with Gasteiger partial charge in [0, 0.05) is 42.9 Å². The molecule has 0 unspecified atom stereocenters. The molecule has 7 nitrogen and oxygen atoms in total. The van der Waals surface area contributed by atoms with Crippen molar-refractivity contribution in [1.82, 2.24) is 14.9 Å². The molecule has 0 saturated heterocycles. The summed E-state index contributed by atoms with van der Waals surface area (Å²) in [7, 11) is 1.83. The highest BCUT2D eigenvalue weighted by atomic mass is 16.5. The van der Waals surface area contributed by atoms with E-state index in [1.807, 2.05) is 98.1 Å². The number of aromatic nitrogens is 2. The fourth-order valence-corrected chi connectivity index (χ4v) is 4.02. The molecule has 1 atom stereocenters. The summed E-state index contributed by atoms with van der Waals surface area (Å²) in [5.74, 6) is 0.937. The minimum absolute atomic E-state index is 0.0141. The number of hydrogen-bond donors (Lipinski definition) is 2. The van der Waals surface area contributed by atoms with Crippen molar-refractivity contribution in [3.8, 4) is 17.0 Å². The third kappa shape index (κ3) is 8.28. The molecular formula is C31H43N3O4. The van der Waals surface area contributed by atoms with Crippen LogP contribution in [0, 0.1) is 12.8 Å². The zero-order chi connectivity index (χ0) is 28.4. The van der Waals surface area contributed by atoms with Gasteiger partial charge in [-0.25, -0.2) is 4.98 Å². The van der Waals surface area contributed by atoms with Crippen LogP contribution in [0.15, 0.2) is 48.7 Å². The lowest BCUT2D eigenvalue weighted by Crippen LogP contribution is -2.37. The van der Waals surface area contributed by atoms with Crippen LogP contribution in [0.2, 0.25) is 0 Å². The highest BCUT2D eigenvalue weighted by Gasteiger charge is 2.19. The van der Waals surface area contributed by atoms with Gasteiger partial charge in [0.2, 0.25) is 5.78 Å². The van der Waals surface area contributed by atoms with Gasteiger partial charge in [0.15, 0.2) is 5.82 Å². The first-order valence-electron chi connectivity index (χ1n) is 13.4. The largest absolute Gasteiger partial charge is 0.491 e. The van der Waals surface area contributed by atoms with E-state index in [1.54, 1.807) is 10.6 Å². The number of aliphatic hydroxyl groups excluding tert-OH is 1. The van der Waals surface area contributed by atoms with Gasteiger partial charge in [0.25, 0.3) is 5.91 Å². The molecule has 3 rings (SSSR count). The molecule has 0 fully saturated rings. The summed E-state index contributed by atoms with van der Waals surface area (Å²) in [6, 6.07) is 13.1. The molecule has 0 aliphatic carbocycles. The van der Waals surface area contributed by atoms with Crippen molar-refractivity contribution in [2.45, 2.75) is 73.5 Å². The lowest BCUT2D eigenvalue weighted by molar-refractivity contribution is 0.0919. The molecule has 206 valence electrons.